The topological polar surface area (TPSA) is 35.2 Å². The first-order chi connectivity index (χ1) is 3.63. The normalized spacial score (nSPS) is 13.0. The summed E-state index contributed by atoms with van der Waals surface area (Å²) in [5, 5.41) is 0. The van der Waals surface area contributed by atoms with Gasteiger partial charge in [0.2, 0.25) is 0 Å². The predicted octanol–water partition coefficient (Wildman–Crippen LogP) is 0.995. The summed E-state index contributed by atoms with van der Waals surface area (Å²) >= 11 is 0. The summed E-state index contributed by atoms with van der Waals surface area (Å²) in [5.74, 6) is 0. The van der Waals surface area contributed by atoms with Gasteiger partial charge in [0.1, 0.15) is 0 Å². The largest absolute Gasteiger partial charge is 0.345 e. The summed E-state index contributed by atoms with van der Waals surface area (Å²) in [6, 6.07) is -0.316. The van der Waals surface area contributed by atoms with E-state index in [0.717, 1.165) is 0 Å². The second-order valence-electron chi connectivity index (χ2n) is 1.57. The Morgan fingerprint density at radius 2 is 2.00 bits per heavy atom. The van der Waals surface area contributed by atoms with E-state index < -0.39 is 6.61 Å². The summed E-state index contributed by atoms with van der Waals surface area (Å²) in [4.78, 5) is 0. The molecule has 0 aromatic rings. The van der Waals surface area contributed by atoms with Crippen molar-refractivity contribution >= 4 is 12.4 Å². The molecule has 0 saturated heterocycles. The average Bonchev–Trinajstić information content (AvgIpc) is 1.61. The van der Waals surface area contributed by atoms with Gasteiger partial charge in [-0.25, -0.2) is 0 Å². The molecule has 0 saturated carbocycles. The number of halogens is 3. The fourth-order valence-electron chi connectivity index (χ4n) is 0.225. The van der Waals surface area contributed by atoms with Crippen molar-refractivity contribution in [2.24, 2.45) is 5.73 Å². The van der Waals surface area contributed by atoms with Crippen LogP contribution >= 0.6 is 12.4 Å². The summed E-state index contributed by atoms with van der Waals surface area (Å²) in [7, 11) is 0. The van der Waals surface area contributed by atoms with E-state index in [-0.39, 0.29) is 25.1 Å². The maximum absolute atomic E-state index is 11.1. The van der Waals surface area contributed by atoms with Gasteiger partial charge >= 0.3 is 6.61 Å². The van der Waals surface area contributed by atoms with E-state index in [9.17, 15) is 8.78 Å². The molecular weight excluding hydrogens is 151 g/mol. The second-order valence-corrected chi connectivity index (χ2v) is 1.57. The van der Waals surface area contributed by atoms with Gasteiger partial charge in [-0.05, 0) is 6.92 Å². The van der Waals surface area contributed by atoms with Crippen LogP contribution in [-0.2, 0) is 4.74 Å². The molecule has 0 spiro atoms. The maximum atomic E-state index is 11.1. The first kappa shape index (κ1) is 11.8. The highest BCUT2D eigenvalue weighted by molar-refractivity contribution is 5.85. The number of hydrogen-bond donors (Lipinski definition) is 1. The van der Waals surface area contributed by atoms with Crippen molar-refractivity contribution < 1.29 is 13.5 Å². The van der Waals surface area contributed by atoms with E-state index in [4.69, 9.17) is 5.73 Å². The highest BCUT2D eigenvalue weighted by atomic mass is 35.5. The average molecular weight is 162 g/mol. The third-order valence-electron chi connectivity index (χ3n) is 0.485. The van der Waals surface area contributed by atoms with E-state index in [1.165, 1.54) is 0 Å². The van der Waals surface area contributed by atoms with Crippen LogP contribution in [0.15, 0.2) is 0 Å². The fraction of sp³-hybridized carbons (Fsp3) is 1.00. The SMILES string of the molecule is C[C@@H](N)COC(F)F.Cl. The lowest BCUT2D eigenvalue weighted by Crippen LogP contribution is -2.23. The summed E-state index contributed by atoms with van der Waals surface area (Å²) in [5.41, 5.74) is 5.08. The molecule has 9 heavy (non-hydrogen) atoms. The first-order valence-corrected chi connectivity index (χ1v) is 2.28. The lowest BCUT2D eigenvalue weighted by Gasteiger charge is -2.03. The van der Waals surface area contributed by atoms with Gasteiger partial charge in [-0.2, -0.15) is 8.78 Å². The zero-order valence-corrected chi connectivity index (χ0v) is 5.83. The van der Waals surface area contributed by atoms with Gasteiger partial charge in [0, 0.05) is 6.04 Å². The maximum Gasteiger partial charge on any atom is 0.345 e. The van der Waals surface area contributed by atoms with Gasteiger partial charge in [0.05, 0.1) is 6.61 Å². The van der Waals surface area contributed by atoms with Crippen LogP contribution in [0.3, 0.4) is 0 Å². The molecule has 0 aliphatic heterocycles. The number of hydrogen-bond acceptors (Lipinski definition) is 2. The Balaban J connectivity index is 0. The molecular formula is C4H10ClF2NO. The second kappa shape index (κ2) is 6.19. The van der Waals surface area contributed by atoms with E-state index in [0.29, 0.717) is 0 Å². The molecule has 0 aliphatic carbocycles. The number of nitrogens with two attached hydrogens (primary N) is 1. The van der Waals surface area contributed by atoms with E-state index in [1.54, 1.807) is 6.92 Å². The van der Waals surface area contributed by atoms with E-state index in [2.05, 4.69) is 4.74 Å². The van der Waals surface area contributed by atoms with Crippen molar-refractivity contribution in [2.45, 2.75) is 19.6 Å². The minimum atomic E-state index is -2.69. The fourth-order valence-corrected chi connectivity index (χ4v) is 0.225. The highest BCUT2D eigenvalue weighted by Gasteiger charge is 2.01. The molecule has 1 atom stereocenters. The van der Waals surface area contributed by atoms with Crippen LogP contribution in [0.2, 0.25) is 0 Å². The Morgan fingerprint density at radius 3 is 2.11 bits per heavy atom. The molecule has 0 unspecified atom stereocenters. The van der Waals surface area contributed by atoms with Crippen molar-refractivity contribution in [3.05, 3.63) is 0 Å². The zero-order chi connectivity index (χ0) is 6.57. The molecule has 58 valence electrons. The van der Waals surface area contributed by atoms with Gasteiger partial charge < -0.3 is 10.5 Å². The minimum Gasteiger partial charge on any atom is -0.326 e. The Kier molecular flexibility index (Phi) is 8.13. The standard InChI is InChI=1S/C4H9F2NO.ClH/c1-3(7)2-8-4(5)6;/h3-4H,2,7H2,1H3;1H/t3-;/m1./s1. The minimum absolute atomic E-state index is 0. The molecule has 0 radical (unpaired) electrons. The van der Waals surface area contributed by atoms with Gasteiger partial charge in [-0.3, -0.25) is 0 Å². The monoisotopic (exact) mass is 161 g/mol. The molecule has 0 fully saturated rings. The number of alkyl halides is 2. The summed E-state index contributed by atoms with van der Waals surface area (Å²) in [6.07, 6.45) is 0. The Morgan fingerprint density at radius 1 is 1.56 bits per heavy atom. The molecule has 2 nitrogen and oxygen atoms in total. The number of ether oxygens (including phenoxy) is 1. The van der Waals surface area contributed by atoms with Gasteiger partial charge in [0.15, 0.2) is 0 Å². The van der Waals surface area contributed by atoms with Gasteiger partial charge in [-0.15, -0.1) is 12.4 Å². The van der Waals surface area contributed by atoms with Gasteiger partial charge in [0.25, 0.3) is 0 Å². The Bertz CT molecular complexity index is 54.5. The van der Waals surface area contributed by atoms with Crippen LogP contribution < -0.4 is 5.73 Å². The predicted molar refractivity (Wildman–Crippen MR) is 32.9 cm³/mol. The molecule has 5 heteroatoms. The van der Waals surface area contributed by atoms with Crippen LogP contribution in [0.1, 0.15) is 6.92 Å². The first-order valence-electron chi connectivity index (χ1n) is 2.28. The molecule has 2 N–H and O–H groups in total. The molecule has 0 bridgehead atoms. The molecule has 0 heterocycles. The smallest absolute Gasteiger partial charge is 0.326 e. The summed E-state index contributed by atoms with van der Waals surface area (Å²) < 4.78 is 26.1. The van der Waals surface area contributed by atoms with Crippen LogP contribution in [0, 0.1) is 0 Å². The number of rotatable bonds is 3. The third-order valence-corrected chi connectivity index (χ3v) is 0.485. The molecule has 0 rings (SSSR count). The lowest BCUT2D eigenvalue weighted by atomic mass is 10.4. The van der Waals surface area contributed by atoms with Crippen LogP contribution in [-0.4, -0.2) is 19.3 Å². The molecule has 0 aromatic heterocycles. The molecule has 0 aliphatic rings. The molecule has 0 amide bonds. The van der Waals surface area contributed by atoms with Crippen LogP contribution in [0.4, 0.5) is 8.78 Å². The zero-order valence-electron chi connectivity index (χ0n) is 5.01. The lowest BCUT2D eigenvalue weighted by molar-refractivity contribution is -0.131. The van der Waals surface area contributed by atoms with Crippen molar-refractivity contribution in [3.63, 3.8) is 0 Å². The van der Waals surface area contributed by atoms with Crippen molar-refractivity contribution in [2.75, 3.05) is 6.61 Å². The van der Waals surface area contributed by atoms with Crippen molar-refractivity contribution in [3.8, 4) is 0 Å². The van der Waals surface area contributed by atoms with Crippen molar-refractivity contribution in [1.82, 2.24) is 0 Å². The quantitative estimate of drug-likeness (QED) is 0.670. The van der Waals surface area contributed by atoms with Gasteiger partial charge in [-0.1, -0.05) is 0 Å². The Labute approximate surface area is 58.8 Å². The summed E-state index contributed by atoms with van der Waals surface area (Å²) in [6.45, 7) is -1.18. The van der Waals surface area contributed by atoms with Crippen LogP contribution in [0.5, 0.6) is 0 Å². The Hall–Kier alpha value is 0.0700. The van der Waals surface area contributed by atoms with E-state index in [1.807, 2.05) is 0 Å². The van der Waals surface area contributed by atoms with Crippen molar-refractivity contribution in [1.29, 1.82) is 0 Å². The highest BCUT2D eigenvalue weighted by Crippen LogP contribution is 1.93. The molecule has 0 aromatic carbocycles. The van der Waals surface area contributed by atoms with Crippen LogP contribution in [0.25, 0.3) is 0 Å². The third kappa shape index (κ3) is 11.6. The van der Waals surface area contributed by atoms with E-state index >= 15 is 0 Å².